The van der Waals surface area contributed by atoms with E-state index >= 15 is 0 Å². The number of nitrogens with zero attached hydrogens (tertiary/aromatic N) is 1. The van der Waals surface area contributed by atoms with Gasteiger partial charge in [0.05, 0.1) is 19.3 Å². The summed E-state index contributed by atoms with van der Waals surface area (Å²) in [6, 6.07) is 1.78. The molecular weight excluding hydrogens is 130 g/mol. The zero-order chi connectivity index (χ0) is 8.20. The van der Waals surface area contributed by atoms with Crippen molar-refractivity contribution in [2.24, 2.45) is 0 Å². The molecule has 1 N–H and O–H groups in total. The topological polar surface area (TPSA) is 53.2 Å². The fourth-order valence-corrected chi connectivity index (χ4v) is 0.544. The first-order valence-electron chi connectivity index (χ1n) is 2.89. The molecule has 0 aromatic carbocycles. The lowest BCUT2D eigenvalue weighted by Crippen LogP contribution is -2.22. The Morgan fingerprint density at radius 3 is 2.30 bits per heavy atom. The number of allylic oxidation sites excluding steroid dienone is 1. The third-order valence-electron chi connectivity index (χ3n) is 1.02. The maximum atomic E-state index is 9.26. The molecule has 0 rings (SSSR count). The maximum Gasteiger partial charge on any atom is 0.137 e. The van der Waals surface area contributed by atoms with E-state index in [1.54, 1.807) is 19.9 Å². The van der Waals surface area contributed by atoms with E-state index in [-0.39, 0.29) is 5.76 Å². The fraction of sp³-hybridized carbons (Fsp3) is 0.571. The Labute approximate surface area is 60.5 Å². The molecule has 10 heavy (non-hydrogen) atoms. The fourth-order valence-electron chi connectivity index (χ4n) is 0.544. The molecule has 0 spiro atoms. The second kappa shape index (κ2) is 3.23. The van der Waals surface area contributed by atoms with Crippen LogP contribution in [0.1, 0.15) is 13.8 Å². The first-order chi connectivity index (χ1) is 4.52. The van der Waals surface area contributed by atoms with Crippen LogP contribution in [-0.4, -0.2) is 17.8 Å². The largest absolute Gasteiger partial charge is 0.497 e. The Balaban J connectivity index is 4.41. The average Bonchev–Trinajstić information content (AvgIpc) is 1.80. The van der Waals surface area contributed by atoms with E-state index < -0.39 is 5.60 Å². The first kappa shape index (κ1) is 8.99. The molecule has 0 heterocycles. The summed E-state index contributed by atoms with van der Waals surface area (Å²) in [5, 5.41) is 17.5. The number of nitriles is 1. The van der Waals surface area contributed by atoms with E-state index in [0.29, 0.717) is 0 Å². The van der Waals surface area contributed by atoms with Gasteiger partial charge in [0.2, 0.25) is 0 Å². The van der Waals surface area contributed by atoms with Crippen molar-refractivity contribution in [1.29, 1.82) is 5.26 Å². The van der Waals surface area contributed by atoms with E-state index in [0.717, 1.165) is 0 Å². The monoisotopic (exact) mass is 141 g/mol. The zero-order valence-corrected chi connectivity index (χ0v) is 6.38. The van der Waals surface area contributed by atoms with E-state index in [1.165, 1.54) is 13.2 Å². The summed E-state index contributed by atoms with van der Waals surface area (Å²) in [5.41, 5.74) is -1.06. The molecule has 0 saturated carbocycles. The summed E-state index contributed by atoms with van der Waals surface area (Å²) in [4.78, 5) is 0. The van der Waals surface area contributed by atoms with Crippen molar-refractivity contribution < 1.29 is 9.84 Å². The van der Waals surface area contributed by atoms with Gasteiger partial charge in [0.1, 0.15) is 11.4 Å². The Morgan fingerprint density at radius 2 is 2.20 bits per heavy atom. The lowest BCUT2D eigenvalue weighted by atomic mass is 10.1. The van der Waals surface area contributed by atoms with Crippen LogP contribution < -0.4 is 0 Å². The smallest absolute Gasteiger partial charge is 0.137 e. The molecule has 3 heteroatoms. The van der Waals surface area contributed by atoms with Crippen LogP contribution in [0.25, 0.3) is 0 Å². The number of methoxy groups -OCH3 is 1. The molecule has 0 bridgehead atoms. The molecular formula is C7H11NO2. The van der Waals surface area contributed by atoms with Crippen LogP contribution in [0.3, 0.4) is 0 Å². The molecule has 0 unspecified atom stereocenters. The second-order valence-electron chi connectivity index (χ2n) is 2.40. The highest BCUT2D eigenvalue weighted by Crippen LogP contribution is 2.14. The normalized spacial score (nSPS) is 12.5. The molecule has 0 saturated heterocycles. The SMILES string of the molecule is CO/C(=C\C#N)C(C)(C)O. The predicted molar refractivity (Wildman–Crippen MR) is 37.0 cm³/mol. The van der Waals surface area contributed by atoms with E-state index in [1.807, 2.05) is 0 Å². The van der Waals surface area contributed by atoms with Gasteiger partial charge in [-0.25, -0.2) is 0 Å². The van der Waals surface area contributed by atoms with Crippen LogP contribution in [0.5, 0.6) is 0 Å². The number of rotatable bonds is 2. The molecule has 0 aromatic rings. The molecule has 0 aromatic heterocycles. The van der Waals surface area contributed by atoms with Crippen LogP contribution in [0.2, 0.25) is 0 Å². The van der Waals surface area contributed by atoms with Gasteiger partial charge in [0, 0.05) is 0 Å². The van der Waals surface area contributed by atoms with Crippen LogP contribution in [0.4, 0.5) is 0 Å². The van der Waals surface area contributed by atoms with Crippen molar-refractivity contribution in [3.8, 4) is 6.07 Å². The van der Waals surface area contributed by atoms with Gasteiger partial charge >= 0.3 is 0 Å². The predicted octanol–water partition coefficient (Wildman–Crippen LogP) is 0.811. The van der Waals surface area contributed by atoms with E-state index in [2.05, 4.69) is 0 Å². The van der Waals surface area contributed by atoms with Crippen molar-refractivity contribution in [2.75, 3.05) is 7.11 Å². The summed E-state index contributed by atoms with van der Waals surface area (Å²) < 4.78 is 4.74. The molecule has 0 aliphatic rings. The Kier molecular flexibility index (Phi) is 2.91. The van der Waals surface area contributed by atoms with Crippen molar-refractivity contribution in [2.45, 2.75) is 19.4 Å². The summed E-state index contributed by atoms with van der Waals surface area (Å²) in [5.74, 6) is 0.273. The highest BCUT2D eigenvalue weighted by Gasteiger charge is 2.19. The van der Waals surface area contributed by atoms with Gasteiger partial charge < -0.3 is 9.84 Å². The minimum atomic E-state index is -1.06. The highest BCUT2D eigenvalue weighted by atomic mass is 16.5. The lowest BCUT2D eigenvalue weighted by Gasteiger charge is -2.18. The average molecular weight is 141 g/mol. The summed E-state index contributed by atoms with van der Waals surface area (Å²) >= 11 is 0. The van der Waals surface area contributed by atoms with Gasteiger partial charge in [0.15, 0.2) is 0 Å². The number of ether oxygens (including phenoxy) is 1. The summed E-state index contributed by atoms with van der Waals surface area (Å²) in [6.07, 6.45) is 1.18. The Hall–Kier alpha value is -1.01. The van der Waals surface area contributed by atoms with Crippen molar-refractivity contribution in [1.82, 2.24) is 0 Å². The van der Waals surface area contributed by atoms with Gasteiger partial charge in [-0.15, -0.1) is 0 Å². The third-order valence-corrected chi connectivity index (χ3v) is 1.02. The molecule has 56 valence electrons. The van der Waals surface area contributed by atoms with Gasteiger partial charge in [-0.2, -0.15) is 5.26 Å². The van der Waals surface area contributed by atoms with Crippen molar-refractivity contribution in [3.63, 3.8) is 0 Å². The number of aliphatic hydroxyl groups is 1. The Morgan fingerprint density at radius 1 is 1.70 bits per heavy atom. The quantitative estimate of drug-likeness (QED) is 0.457. The molecule has 0 radical (unpaired) electrons. The molecule has 3 nitrogen and oxygen atoms in total. The first-order valence-corrected chi connectivity index (χ1v) is 2.89. The highest BCUT2D eigenvalue weighted by molar-refractivity contribution is 5.15. The summed E-state index contributed by atoms with van der Waals surface area (Å²) in [7, 11) is 1.42. The van der Waals surface area contributed by atoms with Crippen molar-refractivity contribution >= 4 is 0 Å². The molecule has 0 atom stereocenters. The number of hydrogen-bond acceptors (Lipinski definition) is 3. The van der Waals surface area contributed by atoms with Crippen LogP contribution in [-0.2, 0) is 4.74 Å². The van der Waals surface area contributed by atoms with E-state index in [9.17, 15) is 5.11 Å². The Bertz CT molecular complexity index is 171. The molecule has 0 amide bonds. The summed E-state index contributed by atoms with van der Waals surface area (Å²) in [6.45, 7) is 3.11. The van der Waals surface area contributed by atoms with Crippen LogP contribution >= 0.6 is 0 Å². The van der Waals surface area contributed by atoms with E-state index in [4.69, 9.17) is 10.00 Å². The van der Waals surface area contributed by atoms with Gasteiger partial charge in [-0.05, 0) is 13.8 Å². The van der Waals surface area contributed by atoms with Gasteiger partial charge in [-0.3, -0.25) is 0 Å². The molecule has 0 fully saturated rings. The van der Waals surface area contributed by atoms with Gasteiger partial charge in [-0.1, -0.05) is 0 Å². The van der Waals surface area contributed by atoms with Crippen LogP contribution in [0, 0.1) is 11.3 Å². The second-order valence-corrected chi connectivity index (χ2v) is 2.40. The third kappa shape index (κ3) is 2.51. The molecule has 0 aliphatic carbocycles. The molecule has 0 aliphatic heterocycles. The lowest BCUT2D eigenvalue weighted by molar-refractivity contribution is 0.0554. The standard InChI is InChI=1S/C7H11NO2/c1-7(2,9)6(10-3)4-5-8/h4,9H,1-3H3/b6-4-. The minimum absolute atomic E-state index is 0.273. The minimum Gasteiger partial charge on any atom is -0.497 e. The number of hydrogen-bond donors (Lipinski definition) is 1. The zero-order valence-electron chi connectivity index (χ0n) is 6.38. The maximum absolute atomic E-state index is 9.26. The van der Waals surface area contributed by atoms with Gasteiger partial charge in [0.25, 0.3) is 0 Å². The van der Waals surface area contributed by atoms with Crippen molar-refractivity contribution in [3.05, 3.63) is 11.8 Å². The van der Waals surface area contributed by atoms with Crippen LogP contribution in [0.15, 0.2) is 11.8 Å².